The highest BCUT2D eigenvalue weighted by atomic mass is 32.1. The molecule has 1 aromatic heterocycles. The van der Waals surface area contributed by atoms with Crippen LogP contribution >= 0.6 is 11.3 Å². The van der Waals surface area contributed by atoms with Gasteiger partial charge in [0.15, 0.2) is 5.13 Å². The van der Waals surface area contributed by atoms with Gasteiger partial charge >= 0.3 is 6.09 Å². The first kappa shape index (κ1) is 19.8. The van der Waals surface area contributed by atoms with E-state index in [4.69, 9.17) is 9.47 Å². The molecular weight excluding hydrogens is 392 g/mol. The lowest BCUT2D eigenvalue weighted by molar-refractivity contribution is -0.126. The van der Waals surface area contributed by atoms with E-state index in [2.05, 4.69) is 15.2 Å². The van der Waals surface area contributed by atoms with Crippen molar-refractivity contribution in [3.05, 3.63) is 18.2 Å². The summed E-state index contributed by atoms with van der Waals surface area (Å²) < 4.78 is 11.4. The topological polar surface area (TPSA) is 84.0 Å². The number of rotatable bonds is 5. The molecule has 0 aliphatic carbocycles. The zero-order chi connectivity index (χ0) is 20.4. The van der Waals surface area contributed by atoms with Crippen molar-refractivity contribution in [1.29, 1.82) is 0 Å². The molecule has 2 aromatic rings. The summed E-state index contributed by atoms with van der Waals surface area (Å²) in [7, 11) is 1.65. The summed E-state index contributed by atoms with van der Waals surface area (Å²) in [6, 6.07) is 6.01. The third kappa shape index (κ3) is 4.24. The molecule has 0 bridgehead atoms. The van der Waals surface area contributed by atoms with E-state index >= 15 is 0 Å². The Kier molecular flexibility index (Phi) is 5.75. The van der Waals surface area contributed by atoms with Crippen LogP contribution in [0.1, 0.15) is 19.8 Å². The van der Waals surface area contributed by atoms with E-state index in [1.165, 1.54) is 0 Å². The Morgan fingerprint density at radius 1 is 1.28 bits per heavy atom. The third-order valence-corrected chi connectivity index (χ3v) is 6.57. The molecule has 0 spiro atoms. The third-order valence-electron chi connectivity index (χ3n) is 5.47. The van der Waals surface area contributed by atoms with Gasteiger partial charge in [0.2, 0.25) is 5.91 Å². The van der Waals surface area contributed by atoms with Crippen molar-refractivity contribution in [3.63, 3.8) is 0 Å². The maximum Gasteiger partial charge on any atom is 0.409 e. The number of anilines is 1. The highest BCUT2D eigenvalue weighted by Gasteiger charge is 2.36. The minimum atomic E-state index is -0.264. The fourth-order valence-corrected chi connectivity index (χ4v) is 4.66. The first-order valence-corrected chi connectivity index (χ1v) is 10.8. The molecule has 1 N–H and O–H groups in total. The largest absolute Gasteiger partial charge is 0.497 e. The van der Waals surface area contributed by atoms with Gasteiger partial charge in [0, 0.05) is 38.3 Å². The van der Waals surface area contributed by atoms with E-state index < -0.39 is 0 Å². The minimum absolute atomic E-state index is 0.0142. The average Bonchev–Trinajstić information content (AvgIpc) is 3.10. The molecule has 9 heteroatoms. The SMILES string of the molecule is CCOC(=O)N1CCC(NC(=O)C2CN(c3nc4cc(OC)ccc4s3)C2)CC1. The number of hydrogen-bond donors (Lipinski definition) is 1. The lowest BCUT2D eigenvalue weighted by atomic mass is 9.98. The van der Waals surface area contributed by atoms with Gasteiger partial charge in [-0.15, -0.1) is 0 Å². The fourth-order valence-electron chi connectivity index (χ4n) is 3.70. The van der Waals surface area contributed by atoms with Crippen LogP contribution in [0.2, 0.25) is 0 Å². The Labute approximate surface area is 173 Å². The molecule has 2 saturated heterocycles. The van der Waals surface area contributed by atoms with Gasteiger partial charge in [-0.25, -0.2) is 9.78 Å². The maximum atomic E-state index is 12.6. The second kappa shape index (κ2) is 8.44. The zero-order valence-electron chi connectivity index (χ0n) is 16.7. The van der Waals surface area contributed by atoms with Gasteiger partial charge in [0.25, 0.3) is 0 Å². The summed E-state index contributed by atoms with van der Waals surface area (Å²) in [4.78, 5) is 32.9. The van der Waals surface area contributed by atoms with Crippen molar-refractivity contribution in [2.24, 2.45) is 5.92 Å². The highest BCUT2D eigenvalue weighted by molar-refractivity contribution is 7.22. The second-order valence-electron chi connectivity index (χ2n) is 7.40. The molecule has 2 aliphatic heterocycles. The molecule has 1 aromatic carbocycles. The van der Waals surface area contributed by atoms with E-state index in [0.29, 0.717) is 32.8 Å². The molecule has 2 aliphatic rings. The standard InChI is InChI=1S/C20H26N4O4S/c1-3-28-20(26)23-8-6-14(7-9-23)21-18(25)13-11-24(12-13)19-22-16-10-15(27-2)4-5-17(16)29-19/h4-5,10,13-14H,3,6-9,11-12H2,1-2H3,(H,21,25). The van der Waals surface area contributed by atoms with Crippen LogP contribution in [0.15, 0.2) is 18.2 Å². The maximum absolute atomic E-state index is 12.6. The molecule has 0 saturated carbocycles. The van der Waals surface area contributed by atoms with Crippen molar-refractivity contribution < 1.29 is 19.1 Å². The Morgan fingerprint density at radius 2 is 2.03 bits per heavy atom. The molecule has 3 heterocycles. The number of nitrogens with one attached hydrogen (secondary N) is 1. The fraction of sp³-hybridized carbons (Fsp3) is 0.550. The first-order chi connectivity index (χ1) is 14.1. The quantitative estimate of drug-likeness (QED) is 0.803. The number of nitrogens with zero attached hydrogens (tertiary/aromatic N) is 3. The first-order valence-electron chi connectivity index (χ1n) is 9.99. The molecule has 0 atom stereocenters. The number of piperidine rings is 1. The van der Waals surface area contributed by atoms with Crippen molar-refractivity contribution >= 4 is 38.7 Å². The lowest BCUT2D eigenvalue weighted by Gasteiger charge is -2.39. The number of carbonyl (C=O) groups excluding carboxylic acids is 2. The summed E-state index contributed by atoms with van der Waals surface area (Å²) in [5, 5.41) is 4.09. The van der Waals surface area contributed by atoms with Crippen LogP contribution in [-0.4, -0.2) is 67.8 Å². The Morgan fingerprint density at radius 3 is 2.72 bits per heavy atom. The molecule has 4 rings (SSSR count). The van der Waals surface area contributed by atoms with E-state index in [0.717, 1.165) is 33.9 Å². The van der Waals surface area contributed by atoms with Gasteiger partial charge in [-0.05, 0) is 31.9 Å². The summed E-state index contributed by atoms with van der Waals surface area (Å²) in [5.41, 5.74) is 0.922. The number of amides is 2. The van der Waals surface area contributed by atoms with Gasteiger partial charge in [-0.1, -0.05) is 11.3 Å². The molecule has 2 fully saturated rings. The van der Waals surface area contributed by atoms with Gasteiger partial charge in [-0.2, -0.15) is 0 Å². The van der Waals surface area contributed by atoms with Crippen LogP contribution < -0.4 is 15.0 Å². The van der Waals surface area contributed by atoms with Gasteiger partial charge in [0.05, 0.1) is 29.9 Å². The van der Waals surface area contributed by atoms with Crippen LogP contribution in [0.5, 0.6) is 5.75 Å². The molecule has 0 unspecified atom stereocenters. The predicted molar refractivity (Wildman–Crippen MR) is 112 cm³/mol. The molecular formula is C20H26N4O4S. The summed E-state index contributed by atoms with van der Waals surface area (Å²) in [5.74, 6) is 0.877. The van der Waals surface area contributed by atoms with Gasteiger partial charge in [0.1, 0.15) is 5.75 Å². The number of hydrogen-bond acceptors (Lipinski definition) is 7. The Bertz CT molecular complexity index is 888. The van der Waals surface area contributed by atoms with Crippen LogP contribution in [0.4, 0.5) is 9.93 Å². The Balaban J connectivity index is 1.25. The predicted octanol–water partition coefficient (Wildman–Crippen LogP) is 2.48. The number of methoxy groups -OCH3 is 1. The van der Waals surface area contributed by atoms with Crippen molar-refractivity contribution in [2.75, 3.05) is 44.8 Å². The number of aromatic nitrogens is 1. The summed E-state index contributed by atoms with van der Waals surface area (Å²) in [6.45, 7) is 4.80. The van der Waals surface area contributed by atoms with E-state index in [1.54, 1.807) is 30.3 Å². The van der Waals surface area contributed by atoms with E-state index in [-0.39, 0.29) is 24.0 Å². The van der Waals surface area contributed by atoms with Crippen molar-refractivity contribution in [1.82, 2.24) is 15.2 Å². The van der Waals surface area contributed by atoms with Crippen LogP contribution in [-0.2, 0) is 9.53 Å². The van der Waals surface area contributed by atoms with E-state index in [1.807, 2.05) is 18.2 Å². The number of benzene rings is 1. The van der Waals surface area contributed by atoms with Crippen LogP contribution in [0.3, 0.4) is 0 Å². The molecule has 0 radical (unpaired) electrons. The Hall–Kier alpha value is -2.55. The lowest BCUT2D eigenvalue weighted by Crippen LogP contribution is -2.56. The van der Waals surface area contributed by atoms with Crippen LogP contribution in [0.25, 0.3) is 10.2 Å². The smallest absolute Gasteiger partial charge is 0.409 e. The van der Waals surface area contributed by atoms with Gasteiger partial charge < -0.3 is 24.6 Å². The molecule has 8 nitrogen and oxygen atoms in total. The summed E-state index contributed by atoms with van der Waals surface area (Å²) >= 11 is 1.63. The van der Waals surface area contributed by atoms with Crippen molar-refractivity contribution in [2.45, 2.75) is 25.8 Å². The average molecular weight is 419 g/mol. The number of thiazole rings is 1. The molecule has 156 valence electrons. The summed E-state index contributed by atoms with van der Waals surface area (Å²) in [6.07, 6.45) is 1.27. The number of ether oxygens (including phenoxy) is 2. The van der Waals surface area contributed by atoms with Gasteiger partial charge in [-0.3, -0.25) is 4.79 Å². The van der Waals surface area contributed by atoms with E-state index in [9.17, 15) is 9.59 Å². The highest BCUT2D eigenvalue weighted by Crippen LogP contribution is 2.34. The molecule has 29 heavy (non-hydrogen) atoms. The second-order valence-corrected chi connectivity index (χ2v) is 8.41. The molecule has 2 amide bonds. The number of likely N-dealkylation sites (tertiary alicyclic amines) is 1. The normalized spacial score (nSPS) is 17.9. The van der Waals surface area contributed by atoms with Crippen LogP contribution in [0, 0.1) is 5.92 Å². The monoisotopic (exact) mass is 418 g/mol. The number of fused-ring (bicyclic) bond motifs is 1. The number of carbonyl (C=O) groups is 2. The van der Waals surface area contributed by atoms with Crippen molar-refractivity contribution in [3.8, 4) is 5.75 Å². The minimum Gasteiger partial charge on any atom is -0.497 e. The zero-order valence-corrected chi connectivity index (χ0v) is 17.5.